The lowest BCUT2D eigenvalue weighted by Crippen LogP contribution is -2.50. The molecule has 0 saturated carbocycles. The van der Waals surface area contributed by atoms with Crippen molar-refractivity contribution in [2.24, 2.45) is 0 Å². The van der Waals surface area contributed by atoms with Crippen LogP contribution in [-0.4, -0.2) is 87.3 Å². The Bertz CT molecular complexity index is 1230. The van der Waals surface area contributed by atoms with Crippen LogP contribution in [0.25, 0.3) is 11.2 Å². The number of hydrogen-bond acceptors (Lipinski definition) is 7. The van der Waals surface area contributed by atoms with Gasteiger partial charge in [0, 0.05) is 46.3 Å². The van der Waals surface area contributed by atoms with Crippen molar-refractivity contribution in [1.82, 2.24) is 29.7 Å². The molecule has 4 aromatic rings. The summed E-state index contributed by atoms with van der Waals surface area (Å²) in [5, 5.41) is 10.8. The number of likely N-dealkylation sites (N-methyl/N-ethyl adjacent to an activating group) is 1. The summed E-state index contributed by atoms with van der Waals surface area (Å²) >= 11 is 0. The normalized spacial score (nSPS) is 16.0. The lowest BCUT2D eigenvalue weighted by atomic mass is 9.96. The maximum atomic E-state index is 13.6. The average molecular weight is 494 g/mol. The maximum absolute atomic E-state index is 13.6. The van der Waals surface area contributed by atoms with Gasteiger partial charge in [0.15, 0.2) is 11.5 Å². The van der Waals surface area contributed by atoms with E-state index in [0.29, 0.717) is 24.6 Å². The van der Waals surface area contributed by atoms with Gasteiger partial charge < -0.3 is 15.0 Å². The van der Waals surface area contributed by atoms with E-state index in [1.165, 1.54) is 30.6 Å². The predicted molar refractivity (Wildman–Crippen MR) is 134 cm³/mol. The van der Waals surface area contributed by atoms with Gasteiger partial charge in [0.2, 0.25) is 0 Å². The Morgan fingerprint density at radius 2 is 1.53 bits per heavy atom. The molecule has 2 N–H and O–H groups in total. The second-order valence-corrected chi connectivity index (χ2v) is 9.17. The molecule has 1 saturated heterocycles. The van der Waals surface area contributed by atoms with Crippen LogP contribution in [0.3, 0.4) is 0 Å². The fourth-order valence-corrected chi connectivity index (χ4v) is 4.91. The first-order valence-corrected chi connectivity index (χ1v) is 12.0. The molecule has 1 fully saturated rings. The summed E-state index contributed by atoms with van der Waals surface area (Å²) in [6.45, 7) is 4.04. The van der Waals surface area contributed by atoms with Crippen molar-refractivity contribution in [2.75, 3.05) is 51.2 Å². The number of nitrogens with zero attached hydrogens (tertiary/aromatic N) is 6. The smallest absolute Gasteiger partial charge is 0.182 e. The number of aliphatic hydroxyl groups excluding tert-OH is 1. The number of aromatic amines is 1. The molecule has 0 radical (unpaired) electrons. The molecule has 1 aliphatic heterocycles. The van der Waals surface area contributed by atoms with Gasteiger partial charge in [-0.15, -0.1) is 0 Å². The number of fused-ring (bicyclic) bond motifs is 1. The van der Waals surface area contributed by atoms with E-state index in [1.54, 1.807) is 30.6 Å². The molecule has 1 aliphatic rings. The van der Waals surface area contributed by atoms with Crippen LogP contribution in [0.4, 0.5) is 14.6 Å². The number of anilines is 1. The van der Waals surface area contributed by atoms with Crippen LogP contribution in [0, 0.1) is 11.6 Å². The van der Waals surface area contributed by atoms with Gasteiger partial charge in [0.05, 0.1) is 18.5 Å². The number of hydrogen-bond donors (Lipinski definition) is 2. The molecule has 3 heterocycles. The van der Waals surface area contributed by atoms with E-state index >= 15 is 0 Å². The molecule has 0 aliphatic carbocycles. The number of H-pyrrole nitrogens is 1. The third-order valence-corrected chi connectivity index (χ3v) is 6.66. The number of halogens is 2. The van der Waals surface area contributed by atoms with E-state index in [9.17, 15) is 13.9 Å². The summed E-state index contributed by atoms with van der Waals surface area (Å²) in [6.07, 6.45) is 2.48. The van der Waals surface area contributed by atoms with Crippen molar-refractivity contribution < 1.29 is 13.9 Å². The van der Waals surface area contributed by atoms with Gasteiger partial charge in [0.1, 0.15) is 23.5 Å². The Balaban J connectivity index is 1.21. The minimum atomic E-state index is -0.570. The molecule has 0 amide bonds. The maximum Gasteiger partial charge on any atom is 0.182 e. The first-order valence-electron chi connectivity index (χ1n) is 12.0. The third-order valence-electron chi connectivity index (χ3n) is 6.66. The molecule has 188 valence electrons. The quantitative estimate of drug-likeness (QED) is 0.391. The van der Waals surface area contributed by atoms with Gasteiger partial charge in [-0.25, -0.2) is 23.7 Å². The zero-order chi connectivity index (χ0) is 25.1. The summed E-state index contributed by atoms with van der Waals surface area (Å²) < 4.78 is 27.1. The fourth-order valence-electron chi connectivity index (χ4n) is 4.91. The van der Waals surface area contributed by atoms with E-state index in [0.717, 1.165) is 42.8 Å². The lowest BCUT2D eigenvalue weighted by molar-refractivity contribution is 0.0653. The molecule has 36 heavy (non-hydrogen) atoms. The highest BCUT2D eigenvalue weighted by molar-refractivity contribution is 5.82. The van der Waals surface area contributed by atoms with Gasteiger partial charge in [-0.2, -0.15) is 0 Å². The van der Waals surface area contributed by atoms with Gasteiger partial charge in [-0.3, -0.25) is 9.80 Å². The van der Waals surface area contributed by atoms with Gasteiger partial charge in [0.25, 0.3) is 0 Å². The number of imidazole rings is 1. The van der Waals surface area contributed by atoms with Crippen LogP contribution in [0.15, 0.2) is 61.2 Å². The van der Waals surface area contributed by atoms with Gasteiger partial charge in [-0.05, 0) is 35.4 Å². The van der Waals surface area contributed by atoms with E-state index in [1.807, 2.05) is 11.9 Å². The molecule has 1 atom stereocenters. The summed E-state index contributed by atoms with van der Waals surface area (Å²) in [6, 6.07) is 12.9. The number of benzene rings is 2. The number of aromatic nitrogens is 4. The summed E-state index contributed by atoms with van der Waals surface area (Å²) in [7, 11) is 1.89. The second kappa shape index (κ2) is 10.7. The number of aliphatic hydroxyl groups is 1. The molecular weight excluding hydrogens is 464 g/mol. The largest absolute Gasteiger partial charge is 0.390 e. The SMILES string of the molecule is CN(CC(O)CN1CCN(C(c2ccc(F)cc2)c2ccc(F)cc2)CC1)c1ncnc2nc[nH]c12. The summed E-state index contributed by atoms with van der Waals surface area (Å²) in [5.41, 5.74) is 3.27. The van der Waals surface area contributed by atoms with Crippen molar-refractivity contribution in [1.29, 1.82) is 0 Å². The number of β-amino-alcohol motifs (C(OH)–C–C–N with tert-alkyl or cyclic N) is 1. The summed E-state index contributed by atoms with van der Waals surface area (Å²) in [4.78, 5) is 22.2. The van der Waals surface area contributed by atoms with E-state index < -0.39 is 6.10 Å². The molecule has 2 aromatic carbocycles. The Labute approximate surface area is 208 Å². The minimum absolute atomic E-state index is 0.0982. The van der Waals surface area contributed by atoms with Crippen molar-refractivity contribution in [3.8, 4) is 0 Å². The van der Waals surface area contributed by atoms with Gasteiger partial charge in [-0.1, -0.05) is 24.3 Å². The van der Waals surface area contributed by atoms with Crippen LogP contribution in [0.2, 0.25) is 0 Å². The van der Waals surface area contributed by atoms with Crippen LogP contribution < -0.4 is 4.90 Å². The Morgan fingerprint density at radius 3 is 2.14 bits per heavy atom. The number of piperazine rings is 1. The second-order valence-electron chi connectivity index (χ2n) is 9.17. The monoisotopic (exact) mass is 493 g/mol. The zero-order valence-electron chi connectivity index (χ0n) is 20.1. The van der Waals surface area contributed by atoms with Crippen molar-refractivity contribution in [2.45, 2.75) is 12.1 Å². The van der Waals surface area contributed by atoms with Crippen molar-refractivity contribution >= 4 is 17.0 Å². The summed E-state index contributed by atoms with van der Waals surface area (Å²) in [5.74, 6) is 0.133. The van der Waals surface area contributed by atoms with Crippen LogP contribution in [0.5, 0.6) is 0 Å². The van der Waals surface area contributed by atoms with Crippen LogP contribution in [-0.2, 0) is 0 Å². The molecule has 1 unspecified atom stereocenters. The number of nitrogens with one attached hydrogen (secondary N) is 1. The molecule has 0 bridgehead atoms. The zero-order valence-corrected chi connectivity index (χ0v) is 20.1. The van der Waals surface area contributed by atoms with E-state index in [-0.39, 0.29) is 17.7 Å². The predicted octanol–water partition coefficient (Wildman–Crippen LogP) is 2.84. The van der Waals surface area contributed by atoms with E-state index in [2.05, 4.69) is 29.7 Å². The minimum Gasteiger partial charge on any atom is -0.390 e. The van der Waals surface area contributed by atoms with Crippen LogP contribution >= 0.6 is 0 Å². The van der Waals surface area contributed by atoms with E-state index in [4.69, 9.17) is 0 Å². The Hall–Kier alpha value is -3.47. The Kier molecular flexibility index (Phi) is 7.17. The molecule has 10 heteroatoms. The lowest BCUT2D eigenvalue weighted by Gasteiger charge is -2.40. The molecule has 0 spiro atoms. The first-order chi connectivity index (χ1) is 17.5. The highest BCUT2D eigenvalue weighted by Crippen LogP contribution is 2.30. The highest BCUT2D eigenvalue weighted by Gasteiger charge is 2.27. The van der Waals surface area contributed by atoms with Crippen molar-refractivity contribution in [3.63, 3.8) is 0 Å². The molecule has 5 rings (SSSR count). The topological polar surface area (TPSA) is 84.4 Å². The standard InChI is InChI=1S/C26H29F2N7O/c1-33(26-23-25(30-16-29-23)31-17-32-26)14-22(36)15-34-10-12-35(13-11-34)24(18-2-6-20(27)7-3-18)19-4-8-21(28)9-5-19/h2-9,16-17,22,24,36H,10-15H2,1H3,(H,29,30,31,32). The van der Waals surface area contributed by atoms with Crippen molar-refractivity contribution in [3.05, 3.63) is 83.9 Å². The van der Waals surface area contributed by atoms with Gasteiger partial charge >= 0.3 is 0 Å². The molecule has 2 aromatic heterocycles. The Morgan fingerprint density at radius 1 is 0.917 bits per heavy atom. The first kappa shape index (κ1) is 24.2. The average Bonchev–Trinajstić information content (AvgIpc) is 3.36. The number of rotatable bonds is 8. The van der Waals surface area contributed by atoms with Crippen LogP contribution in [0.1, 0.15) is 17.2 Å². The highest BCUT2D eigenvalue weighted by atomic mass is 19.1. The molecule has 8 nitrogen and oxygen atoms in total. The molecular formula is C26H29F2N7O. The fraction of sp³-hybridized carbons (Fsp3) is 0.346. The third kappa shape index (κ3) is 5.35.